The zero-order valence-electron chi connectivity index (χ0n) is 13.4. The normalized spacial score (nSPS) is 11.5. The number of hydrogen-bond acceptors (Lipinski definition) is 1. The third-order valence-electron chi connectivity index (χ3n) is 4.67. The Hall–Kier alpha value is -3.13. The van der Waals surface area contributed by atoms with Gasteiger partial charge in [0, 0.05) is 10.9 Å². The predicted octanol–water partition coefficient (Wildman–Crippen LogP) is 5.62. The number of rotatable bonds is 1. The number of aromatic nitrogens is 2. The van der Waals surface area contributed by atoms with Crippen LogP contribution < -0.4 is 0 Å². The summed E-state index contributed by atoms with van der Waals surface area (Å²) in [6.07, 6.45) is 2.00. The van der Waals surface area contributed by atoms with Crippen LogP contribution >= 0.6 is 0 Å². The van der Waals surface area contributed by atoms with Crippen molar-refractivity contribution in [3.8, 4) is 11.1 Å². The lowest BCUT2D eigenvalue weighted by Crippen LogP contribution is -1.91. The Morgan fingerprint density at radius 1 is 0.750 bits per heavy atom. The first-order valence-electron chi connectivity index (χ1n) is 8.17. The zero-order chi connectivity index (χ0) is 16.1. The van der Waals surface area contributed by atoms with Gasteiger partial charge in [-0.25, -0.2) is 0 Å². The van der Waals surface area contributed by atoms with Gasteiger partial charge in [-0.15, -0.1) is 0 Å². The smallest absolute Gasteiger partial charge is 0.0873 e. The molecule has 0 saturated carbocycles. The predicted molar refractivity (Wildman–Crippen MR) is 100 cm³/mol. The van der Waals surface area contributed by atoms with E-state index in [-0.39, 0.29) is 0 Å². The Morgan fingerprint density at radius 3 is 2.42 bits per heavy atom. The Kier molecular flexibility index (Phi) is 2.74. The maximum absolute atomic E-state index is 4.73. The molecule has 0 unspecified atom stereocenters. The van der Waals surface area contributed by atoms with Gasteiger partial charge in [0.15, 0.2) is 0 Å². The highest BCUT2D eigenvalue weighted by Crippen LogP contribution is 2.36. The van der Waals surface area contributed by atoms with E-state index in [4.69, 9.17) is 4.98 Å². The van der Waals surface area contributed by atoms with Gasteiger partial charge in [-0.3, -0.25) is 4.98 Å². The van der Waals surface area contributed by atoms with Crippen molar-refractivity contribution in [2.24, 2.45) is 0 Å². The van der Waals surface area contributed by atoms with E-state index in [1.165, 1.54) is 27.6 Å². The van der Waals surface area contributed by atoms with Crippen molar-refractivity contribution in [1.29, 1.82) is 0 Å². The monoisotopic (exact) mass is 308 g/mol. The summed E-state index contributed by atoms with van der Waals surface area (Å²) in [5.74, 6) is 0. The lowest BCUT2D eigenvalue weighted by atomic mass is 10.0. The maximum Gasteiger partial charge on any atom is 0.0873 e. The van der Waals surface area contributed by atoms with E-state index >= 15 is 0 Å². The van der Waals surface area contributed by atoms with E-state index in [2.05, 4.69) is 84.1 Å². The summed E-state index contributed by atoms with van der Waals surface area (Å²) in [6, 6.07) is 25.6. The molecule has 2 heteroatoms. The molecule has 2 aromatic heterocycles. The van der Waals surface area contributed by atoms with Gasteiger partial charge in [0.25, 0.3) is 0 Å². The van der Waals surface area contributed by atoms with E-state index in [9.17, 15) is 0 Å². The Bertz CT molecular complexity index is 1200. The Labute approximate surface area is 140 Å². The SMILES string of the molecule is Cc1ccc2c(c1)ncc1c(-c3ccccc3)c3ccccc3n12. The first kappa shape index (κ1) is 13.3. The molecule has 0 bridgehead atoms. The highest BCUT2D eigenvalue weighted by molar-refractivity contribution is 6.07. The molecule has 0 N–H and O–H groups in total. The van der Waals surface area contributed by atoms with Crippen LogP contribution in [0.4, 0.5) is 0 Å². The molecule has 0 fully saturated rings. The van der Waals surface area contributed by atoms with Gasteiger partial charge in [0.2, 0.25) is 0 Å². The molecule has 5 rings (SSSR count). The molecule has 0 amide bonds. The fraction of sp³-hybridized carbons (Fsp3) is 0.0455. The van der Waals surface area contributed by atoms with Gasteiger partial charge >= 0.3 is 0 Å². The molecule has 0 radical (unpaired) electrons. The van der Waals surface area contributed by atoms with Crippen molar-refractivity contribution in [3.63, 3.8) is 0 Å². The van der Waals surface area contributed by atoms with E-state index < -0.39 is 0 Å². The van der Waals surface area contributed by atoms with Crippen LogP contribution in [0.2, 0.25) is 0 Å². The van der Waals surface area contributed by atoms with Crippen LogP contribution in [0.25, 0.3) is 38.6 Å². The van der Waals surface area contributed by atoms with Crippen molar-refractivity contribution >= 4 is 27.5 Å². The van der Waals surface area contributed by atoms with Crippen molar-refractivity contribution in [2.75, 3.05) is 0 Å². The van der Waals surface area contributed by atoms with E-state index in [0.717, 1.165) is 16.6 Å². The van der Waals surface area contributed by atoms with Gasteiger partial charge in [-0.1, -0.05) is 54.6 Å². The molecule has 2 nitrogen and oxygen atoms in total. The molecule has 2 heterocycles. The van der Waals surface area contributed by atoms with Crippen LogP contribution in [-0.2, 0) is 0 Å². The summed E-state index contributed by atoms with van der Waals surface area (Å²) in [6.45, 7) is 2.11. The minimum absolute atomic E-state index is 1.03. The minimum atomic E-state index is 1.03. The molecule has 3 aromatic carbocycles. The number of para-hydroxylation sites is 1. The van der Waals surface area contributed by atoms with Crippen LogP contribution in [0.5, 0.6) is 0 Å². The quantitative estimate of drug-likeness (QED) is 0.393. The molecule has 0 atom stereocenters. The van der Waals surface area contributed by atoms with Crippen molar-refractivity contribution in [1.82, 2.24) is 9.38 Å². The molecule has 0 saturated heterocycles. The molecule has 0 aliphatic heterocycles. The molecule has 0 aliphatic carbocycles. The van der Waals surface area contributed by atoms with Gasteiger partial charge in [-0.05, 0) is 36.2 Å². The van der Waals surface area contributed by atoms with Crippen LogP contribution in [0.3, 0.4) is 0 Å². The molecule has 0 aliphatic rings. The largest absolute Gasteiger partial charge is 0.306 e. The van der Waals surface area contributed by atoms with E-state index in [1.54, 1.807) is 0 Å². The summed E-state index contributed by atoms with van der Waals surface area (Å²) < 4.78 is 2.33. The lowest BCUT2D eigenvalue weighted by Gasteiger charge is -2.05. The number of hydrogen-bond donors (Lipinski definition) is 0. The third-order valence-corrected chi connectivity index (χ3v) is 4.67. The fourth-order valence-corrected chi connectivity index (χ4v) is 3.61. The number of aryl methyl sites for hydroxylation is 1. The summed E-state index contributed by atoms with van der Waals surface area (Å²) >= 11 is 0. The lowest BCUT2D eigenvalue weighted by molar-refractivity contribution is 1.26. The molecular formula is C22H16N2. The van der Waals surface area contributed by atoms with E-state index in [1.807, 2.05) is 6.20 Å². The van der Waals surface area contributed by atoms with Crippen molar-refractivity contribution in [2.45, 2.75) is 6.92 Å². The molecular weight excluding hydrogens is 292 g/mol. The second kappa shape index (κ2) is 4.93. The van der Waals surface area contributed by atoms with Gasteiger partial charge < -0.3 is 4.40 Å². The topological polar surface area (TPSA) is 17.3 Å². The Morgan fingerprint density at radius 2 is 1.54 bits per heavy atom. The summed E-state index contributed by atoms with van der Waals surface area (Å²) in [7, 11) is 0. The third kappa shape index (κ3) is 1.80. The van der Waals surface area contributed by atoms with E-state index in [0.29, 0.717) is 0 Å². The molecule has 24 heavy (non-hydrogen) atoms. The highest BCUT2D eigenvalue weighted by Gasteiger charge is 2.15. The maximum atomic E-state index is 4.73. The van der Waals surface area contributed by atoms with Crippen LogP contribution in [0.1, 0.15) is 5.56 Å². The van der Waals surface area contributed by atoms with Gasteiger partial charge in [-0.2, -0.15) is 0 Å². The van der Waals surface area contributed by atoms with Gasteiger partial charge in [0.1, 0.15) is 0 Å². The second-order valence-electron chi connectivity index (χ2n) is 6.23. The van der Waals surface area contributed by atoms with Crippen LogP contribution in [-0.4, -0.2) is 9.38 Å². The summed E-state index contributed by atoms with van der Waals surface area (Å²) in [5, 5.41) is 1.26. The van der Waals surface area contributed by atoms with Gasteiger partial charge in [0.05, 0.1) is 28.3 Å². The number of fused-ring (bicyclic) bond motifs is 5. The zero-order valence-corrected chi connectivity index (χ0v) is 13.4. The molecule has 5 aromatic rings. The molecule has 0 spiro atoms. The first-order valence-corrected chi connectivity index (χ1v) is 8.17. The van der Waals surface area contributed by atoms with Crippen LogP contribution in [0.15, 0.2) is 79.0 Å². The van der Waals surface area contributed by atoms with Crippen molar-refractivity contribution in [3.05, 3.63) is 84.6 Å². The number of benzene rings is 3. The summed E-state index contributed by atoms with van der Waals surface area (Å²) in [5.41, 5.74) is 8.26. The number of nitrogens with zero attached hydrogens (tertiary/aromatic N) is 2. The molecule has 114 valence electrons. The van der Waals surface area contributed by atoms with Crippen molar-refractivity contribution < 1.29 is 0 Å². The highest BCUT2D eigenvalue weighted by atomic mass is 14.9. The average Bonchev–Trinajstić information content (AvgIpc) is 2.97. The minimum Gasteiger partial charge on any atom is -0.306 e. The first-order chi connectivity index (χ1) is 11.8. The second-order valence-corrected chi connectivity index (χ2v) is 6.23. The average molecular weight is 308 g/mol. The Balaban J connectivity index is 2.04. The van der Waals surface area contributed by atoms with Crippen LogP contribution in [0, 0.1) is 6.92 Å². The standard InChI is InChI=1S/C22H16N2/c1-15-11-12-20-18(13-15)23-14-21-22(16-7-3-2-4-8-16)17-9-5-6-10-19(17)24(20)21/h2-14H,1H3. The summed E-state index contributed by atoms with van der Waals surface area (Å²) in [4.78, 5) is 4.73. The fourth-order valence-electron chi connectivity index (χ4n) is 3.61.